The molecule has 0 aliphatic carbocycles. The number of nitrogens with zero attached hydrogens (tertiary/aromatic N) is 1. The van der Waals surface area contributed by atoms with E-state index in [2.05, 4.69) is 11.4 Å². The van der Waals surface area contributed by atoms with Crippen molar-refractivity contribution < 1.29 is 23.8 Å². The topological polar surface area (TPSA) is 77.1 Å². The average molecular weight is 437 g/mol. The summed E-state index contributed by atoms with van der Waals surface area (Å²) in [6, 6.07) is 18.0. The summed E-state index contributed by atoms with van der Waals surface area (Å²) in [7, 11) is 0. The quantitative estimate of drug-likeness (QED) is 0.685. The summed E-state index contributed by atoms with van der Waals surface area (Å²) in [6.45, 7) is 3.84. The fraction of sp³-hybridized carbons (Fsp3) is 0.360. The second-order valence-corrected chi connectivity index (χ2v) is 7.99. The van der Waals surface area contributed by atoms with Crippen LogP contribution in [0.5, 0.6) is 0 Å². The van der Waals surface area contributed by atoms with Crippen LogP contribution in [-0.4, -0.2) is 50.5 Å². The zero-order valence-electron chi connectivity index (χ0n) is 18.2. The fourth-order valence-electron chi connectivity index (χ4n) is 3.85. The summed E-state index contributed by atoms with van der Waals surface area (Å²) >= 11 is 0. The lowest BCUT2D eigenvalue weighted by molar-refractivity contribution is -0.119. The third-order valence-corrected chi connectivity index (χ3v) is 5.53. The minimum absolute atomic E-state index is 0.0153. The molecule has 2 atom stereocenters. The van der Waals surface area contributed by atoms with Gasteiger partial charge in [0.25, 0.3) is 0 Å². The first kappa shape index (κ1) is 22.0. The molecule has 168 valence electrons. The molecule has 0 aromatic heterocycles. The number of hydrogen-bond acceptors (Lipinski definition) is 5. The third kappa shape index (κ3) is 5.75. The summed E-state index contributed by atoms with van der Waals surface area (Å²) < 4.78 is 17.0. The lowest BCUT2D eigenvalue weighted by atomic mass is 9.97. The Morgan fingerprint density at radius 2 is 1.91 bits per heavy atom. The van der Waals surface area contributed by atoms with Gasteiger partial charge in [-0.1, -0.05) is 48.5 Å². The van der Waals surface area contributed by atoms with E-state index in [0.29, 0.717) is 32.9 Å². The zero-order valence-corrected chi connectivity index (χ0v) is 18.2. The van der Waals surface area contributed by atoms with E-state index in [1.165, 1.54) is 12.5 Å². The Labute approximate surface area is 188 Å². The molecular weight excluding hydrogens is 408 g/mol. The van der Waals surface area contributed by atoms with Crippen molar-refractivity contribution in [3.05, 3.63) is 71.8 Å². The van der Waals surface area contributed by atoms with E-state index in [1.54, 1.807) is 4.90 Å². The number of carbonyl (C=O) groups is 2. The van der Waals surface area contributed by atoms with Crippen LogP contribution in [0.4, 0.5) is 10.5 Å². The summed E-state index contributed by atoms with van der Waals surface area (Å²) in [5, 5.41) is 2.69. The number of anilines is 1. The number of nitrogens with one attached hydrogen (secondary N) is 1. The first-order chi connectivity index (χ1) is 15.6. The van der Waals surface area contributed by atoms with E-state index in [-0.39, 0.29) is 18.1 Å². The molecule has 1 saturated heterocycles. The Morgan fingerprint density at radius 3 is 2.66 bits per heavy atom. The van der Waals surface area contributed by atoms with Crippen molar-refractivity contribution in [1.29, 1.82) is 0 Å². The molecule has 0 spiro atoms. The van der Waals surface area contributed by atoms with Crippen molar-refractivity contribution in [2.24, 2.45) is 0 Å². The molecule has 32 heavy (non-hydrogen) atoms. The standard InChI is InChI=1S/C25H28N2O5/c1-18(28)26-14-24-15-27(25(29)32-24)22-9-7-20(8-10-22)21-11-12-31-23(13-21)17-30-16-19-5-3-2-4-6-19/h2-11,23-24H,12-17H2,1H3,(H,26,28)/t23?,24-/m0/s1. The van der Waals surface area contributed by atoms with Crippen LogP contribution in [0.15, 0.2) is 60.7 Å². The van der Waals surface area contributed by atoms with Crippen LogP contribution in [0.2, 0.25) is 0 Å². The lowest BCUT2D eigenvalue weighted by Crippen LogP contribution is -2.33. The molecule has 2 aliphatic rings. The van der Waals surface area contributed by atoms with Crippen LogP contribution in [0, 0.1) is 0 Å². The van der Waals surface area contributed by atoms with Crippen molar-refractivity contribution in [3.63, 3.8) is 0 Å². The summed E-state index contributed by atoms with van der Waals surface area (Å²) in [6.07, 6.45) is 2.14. The van der Waals surface area contributed by atoms with Crippen LogP contribution in [0.25, 0.3) is 5.57 Å². The van der Waals surface area contributed by atoms with Gasteiger partial charge >= 0.3 is 6.09 Å². The van der Waals surface area contributed by atoms with Crippen molar-refractivity contribution in [3.8, 4) is 0 Å². The number of carbonyl (C=O) groups excluding carboxylic acids is 2. The predicted octanol–water partition coefficient (Wildman–Crippen LogP) is 3.54. The Kier molecular flexibility index (Phi) is 7.19. The van der Waals surface area contributed by atoms with Crippen molar-refractivity contribution in [2.75, 3.05) is 31.2 Å². The van der Waals surface area contributed by atoms with Crippen LogP contribution in [0.1, 0.15) is 24.5 Å². The molecule has 1 unspecified atom stereocenters. The average Bonchev–Trinajstić information content (AvgIpc) is 3.19. The Morgan fingerprint density at radius 1 is 1.12 bits per heavy atom. The first-order valence-electron chi connectivity index (χ1n) is 10.8. The molecule has 2 aromatic rings. The maximum absolute atomic E-state index is 12.2. The molecule has 2 heterocycles. The van der Waals surface area contributed by atoms with Gasteiger partial charge in [0.1, 0.15) is 6.10 Å². The highest BCUT2D eigenvalue weighted by molar-refractivity contribution is 5.90. The zero-order chi connectivity index (χ0) is 22.3. The molecule has 2 amide bonds. The largest absolute Gasteiger partial charge is 0.442 e. The Bertz CT molecular complexity index is 958. The molecule has 0 saturated carbocycles. The molecule has 0 radical (unpaired) electrons. The highest BCUT2D eigenvalue weighted by Crippen LogP contribution is 2.28. The maximum atomic E-state index is 12.2. The first-order valence-corrected chi connectivity index (χ1v) is 10.8. The van der Waals surface area contributed by atoms with Crippen LogP contribution < -0.4 is 10.2 Å². The van der Waals surface area contributed by atoms with Gasteiger partial charge in [0, 0.05) is 19.0 Å². The molecule has 4 rings (SSSR count). The van der Waals surface area contributed by atoms with Crippen molar-refractivity contribution in [1.82, 2.24) is 5.32 Å². The molecule has 1 fully saturated rings. The lowest BCUT2D eigenvalue weighted by Gasteiger charge is -2.24. The number of ether oxygens (including phenoxy) is 3. The van der Waals surface area contributed by atoms with E-state index in [4.69, 9.17) is 14.2 Å². The van der Waals surface area contributed by atoms with Gasteiger partial charge in [0.05, 0.1) is 39.0 Å². The highest BCUT2D eigenvalue weighted by Gasteiger charge is 2.32. The monoisotopic (exact) mass is 436 g/mol. The van der Waals surface area contributed by atoms with E-state index < -0.39 is 6.09 Å². The van der Waals surface area contributed by atoms with Gasteiger partial charge in [-0.3, -0.25) is 9.69 Å². The number of amides is 2. The van der Waals surface area contributed by atoms with Crippen LogP contribution >= 0.6 is 0 Å². The van der Waals surface area contributed by atoms with Crippen molar-refractivity contribution in [2.45, 2.75) is 32.2 Å². The number of cyclic esters (lactones) is 1. The second kappa shape index (κ2) is 10.4. The molecule has 0 bridgehead atoms. The van der Waals surface area contributed by atoms with E-state index in [9.17, 15) is 9.59 Å². The summed E-state index contributed by atoms with van der Waals surface area (Å²) in [4.78, 5) is 24.9. The van der Waals surface area contributed by atoms with Gasteiger partial charge in [-0.05, 0) is 28.8 Å². The minimum Gasteiger partial charge on any atom is -0.442 e. The van der Waals surface area contributed by atoms with Gasteiger partial charge in [-0.15, -0.1) is 0 Å². The Hall–Kier alpha value is -3.16. The van der Waals surface area contributed by atoms with E-state index in [1.807, 2.05) is 54.6 Å². The van der Waals surface area contributed by atoms with Crippen LogP contribution in [0.3, 0.4) is 0 Å². The SMILES string of the molecule is CC(=O)NC[C@H]1CN(c2ccc(C3=CCOC(COCc4ccccc4)C3)cc2)C(=O)O1. The van der Waals surface area contributed by atoms with Crippen molar-refractivity contribution >= 4 is 23.3 Å². The normalized spacial score (nSPS) is 20.6. The molecule has 1 N–H and O–H groups in total. The molecule has 2 aromatic carbocycles. The van der Waals surface area contributed by atoms with Gasteiger partial charge in [-0.2, -0.15) is 0 Å². The van der Waals surface area contributed by atoms with Gasteiger partial charge in [0.15, 0.2) is 0 Å². The fourth-order valence-corrected chi connectivity index (χ4v) is 3.85. The smallest absolute Gasteiger partial charge is 0.414 e. The Balaban J connectivity index is 1.30. The second-order valence-electron chi connectivity index (χ2n) is 7.99. The summed E-state index contributed by atoms with van der Waals surface area (Å²) in [5.74, 6) is -0.141. The third-order valence-electron chi connectivity index (χ3n) is 5.53. The molecule has 7 nitrogen and oxygen atoms in total. The van der Waals surface area contributed by atoms with Crippen LogP contribution in [-0.2, 0) is 25.6 Å². The molecular formula is C25H28N2O5. The number of benzene rings is 2. The minimum atomic E-state index is -0.394. The van der Waals surface area contributed by atoms with E-state index >= 15 is 0 Å². The van der Waals surface area contributed by atoms with E-state index in [0.717, 1.165) is 23.2 Å². The number of rotatable bonds is 8. The maximum Gasteiger partial charge on any atom is 0.414 e. The van der Waals surface area contributed by atoms with Gasteiger partial charge in [0.2, 0.25) is 5.91 Å². The summed E-state index contributed by atoms with van der Waals surface area (Å²) in [5.41, 5.74) is 4.24. The molecule has 7 heteroatoms. The molecule has 2 aliphatic heterocycles. The van der Waals surface area contributed by atoms with Gasteiger partial charge in [-0.25, -0.2) is 4.79 Å². The highest BCUT2D eigenvalue weighted by atomic mass is 16.6. The van der Waals surface area contributed by atoms with Gasteiger partial charge < -0.3 is 19.5 Å². The predicted molar refractivity (Wildman–Crippen MR) is 121 cm³/mol. The number of hydrogen-bond donors (Lipinski definition) is 1.